The molecule has 4 rings (SSSR count). The fourth-order valence-corrected chi connectivity index (χ4v) is 4.19. The number of hydrogen-bond donors (Lipinski definition) is 0. The minimum absolute atomic E-state index is 0.0143. The highest BCUT2D eigenvalue weighted by Gasteiger charge is 2.52. The van der Waals surface area contributed by atoms with E-state index in [9.17, 15) is 4.79 Å². The molecule has 0 N–H and O–H groups in total. The number of likely N-dealkylation sites (tertiary alicyclic amines) is 1. The van der Waals surface area contributed by atoms with E-state index in [1.54, 1.807) is 32.4 Å². The van der Waals surface area contributed by atoms with E-state index >= 15 is 0 Å². The molecule has 0 spiro atoms. The molecule has 0 radical (unpaired) electrons. The number of amides is 1. The third-order valence-corrected chi connectivity index (χ3v) is 5.58. The zero-order valence-corrected chi connectivity index (χ0v) is 13.9. The van der Waals surface area contributed by atoms with Gasteiger partial charge < -0.3 is 14.4 Å². The molecule has 8 nitrogen and oxygen atoms in total. The average molecular weight is 331 g/mol. The molecule has 2 aliphatic rings. The topological polar surface area (TPSA) is 81.9 Å². The molecule has 0 bridgehead atoms. The molecular weight excluding hydrogens is 310 g/mol. The molecule has 2 aromatic heterocycles. The number of tetrazole rings is 1. The number of carbonyl (C=O) groups is 1. The summed E-state index contributed by atoms with van der Waals surface area (Å²) in [5, 5.41) is 11.5. The van der Waals surface area contributed by atoms with Crippen molar-refractivity contribution in [3.8, 4) is 0 Å². The number of rotatable bonds is 3. The Kier molecular flexibility index (Phi) is 3.73. The summed E-state index contributed by atoms with van der Waals surface area (Å²) < 4.78 is 12.9. The molecule has 1 aliphatic carbocycles. The lowest BCUT2D eigenvalue weighted by Crippen LogP contribution is -2.53. The maximum atomic E-state index is 13.2. The number of methoxy groups -OCH3 is 2. The van der Waals surface area contributed by atoms with Gasteiger partial charge in [0.2, 0.25) is 0 Å². The molecule has 24 heavy (non-hydrogen) atoms. The van der Waals surface area contributed by atoms with Gasteiger partial charge in [0.15, 0.2) is 5.65 Å². The number of pyridine rings is 1. The fraction of sp³-hybridized carbons (Fsp3) is 0.625. The first-order valence-electron chi connectivity index (χ1n) is 8.24. The second-order valence-corrected chi connectivity index (χ2v) is 6.53. The van der Waals surface area contributed by atoms with Gasteiger partial charge >= 0.3 is 0 Å². The highest BCUT2D eigenvalue weighted by molar-refractivity contribution is 5.93. The lowest BCUT2D eigenvalue weighted by Gasteiger charge is -2.43. The molecule has 2 fully saturated rings. The van der Waals surface area contributed by atoms with Crippen molar-refractivity contribution in [1.29, 1.82) is 0 Å². The zero-order valence-electron chi connectivity index (χ0n) is 13.9. The van der Waals surface area contributed by atoms with E-state index in [1.807, 2.05) is 4.90 Å². The first-order chi connectivity index (χ1) is 11.7. The Bertz CT molecular complexity index is 763. The Labute approximate surface area is 139 Å². The van der Waals surface area contributed by atoms with E-state index < -0.39 is 0 Å². The number of ether oxygens (including phenoxy) is 2. The molecule has 1 saturated carbocycles. The third-order valence-electron chi connectivity index (χ3n) is 5.58. The molecule has 1 saturated heterocycles. The molecule has 1 amide bonds. The van der Waals surface area contributed by atoms with Crippen molar-refractivity contribution in [1.82, 2.24) is 24.9 Å². The smallest absolute Gasteiger partial charge is 0.273 e. The van der Waals surface area contributed by atoms with E-state index in [4.69, 9.17) is 9.47 Å². The van der Waals surface area contributed by atoms with Crippen LogP contribution >= 0.6 is 0 Å². The second-order valence-electron chi connectivity index (χ2n) is 6.53. The minimum atomic E-state index is -0.265. The van der Waals surface area contributed by atoms with Crippen LogP contribution in [0.3, 0.4) is 0 Å². The first kappa shape index (κ1) is 15.5. The van der Waals surface area contributed by atoms with Crippen molar-refractivity contribution < 1.29 is 14.3 Å². The predicted molar refractivity (Wildman–Crippen MR) is 84.6 cm³/mol. The predicted octanol–water partition coefficient (Wildman–Crippen LogP) is 0.923. The third kappa shape index (κ3) is 2.21. The average Bonchev–Trinajstić information content (AvgIpc) is 3.25. The standard InChI is InChI=1S/C16H21N5O3/c1-23-11-6-7-16(24-2)8-9-20(13(16)10-11)15(22)12-4-3-5-14-17-18-19-21(12)14/h3-5,11,13H,6-10H2,1-2H3/t11-,13-,16+/m1/s1. The van der Waals surface area contributed by atoms with Crippen LogP contribution in [0.1, 0.15) is 36.2 Å². The highest BCUT2D eigenvalue weighted by Crippen LogP contribution is 2.43. The van der Waals surface area contributed by atoms with Gasteiger partial charge in [-0.3, -0.25) is 4.79 Å². The molecular formula is C16H21N5O3. The Hall–Kier alpha value is -2.06. The van der Waals surface area contributed by atoms with Crippen LogP contribution in [0.4, 0.5) is 0 Å². The summed E-state index contributed by atoms with van der Waals surface area (Å²) in [5.74, 6) is -0.0615. The van der Waals surface area contributed by atoms with Crippen molar-refractivity contribution in [2.24, 2.45) is 0 Å². The number of nitrogens with zero attached hydrogens (tertiary/aromatic N) is 5. The quantitative estimate of drug-likeness (QED) is 0.832. The van der Waals surface area contributed by atoms with E-state index in [-0.39, 0.29) is 23.7 Å². The molecule has 128 valence electrons. The summed E-state index contributed by atoms with van der Waals surface area (Å²) in [6.07, 6.45) is 3.68. The van der Waals surface area contributed by atoms with E-state index in [1.165, 1.54) is 4.52 Å². The SMILES string of the molecule is CO[C@@H]1CC[C@]2(OC)CCN(C(=O)c3cccc4nnnn34)[C@@H]2C1. The maximum absolute atomic E-state index is 13.2. The molecule has 0 unspecified atom stereocenters. The van der Waals surface area contributed by atoms with Crippen molar-refractivity contribution in [3.05, 3.63) is 23.9 Å². The normalized spacial score (nSPS) is 29.8. The Balaban J connectivity index is 1.68. The number of carbonyl (C=O) groups excluding carboxylic acids is 1. The van der Waals surface area contributed by atoms with E-state index in [0.717, 1.165) is 25.7 Å². The number of hydrogen-bond acceptors (Lipinski definition) is 6. The van der Waals surface area contributed by atoms with Gasteiger partial charge in [0.1, 0.15) is 5.69 Å². The van der Waals surface area contributed by atoms with Crippen LogP contribution in [0.2, 0.25) is 0 Å². The number of fused-ring (bicyclic) bond motifs is 2. The van der Waals surface area contributed by atoms with Crippen LogP contribution in [0, 0.1) is 0 Å². The first-order valence-corrected chi connectivity index (χ1v) is 8.24. The molecule has 2 aromatic rings. The minimum Gasteiger partial charge on any atom is -0.381 e. The summed E-state index contributed by atoms with van der Waals surface area (Å²) in [6.45, 7) is 0.673. The largest absolute Gasteiger partial charge is 0.381 e. The lowest BCUT2D eigenvalue weighted by atomic mass is 9.79. The highest BCUT2D eigenvalue weighted by atomic mass is 16.5. The van der Waals surface area contributed by atoms with Gasteiger partial charge in [0.25, 0.3) is 5.91 Å². The number of aromatic nitrogens is 4. The zero-order chi connectivity index (χ0) is 16.7. The lowest BCUT2D eigenvalue weighted by molar-refractivity contribution is -0.0894. The van der Waals surface area contributed by atoms with E-state index in [0.29, 0.717) is 17.9 Å². The van der Waals surface area contributed by atoms with Crippen LogP contribution in [-0.2, 0) is 9.47 Å². The van der Waals surface area contributed by atoms with Gasteiger partial charge in [-0.1, -0.05) is 6.07 Å². The van der Waals surface area contributed by atoms with Crippen LogP contribution in [0.15, 0.2) is 18.2 Å². The summed E-state index contributed by atoms with van der Waals surface area (Å²) in [5.41, 5.74) is 0.777. The maximum Gasteiger partial charge on any atom is 0.273 e. The van der Waals surface area contributed by atoms with Crippen LogP contribution in [0.5, 0.6) is 0 Å². The Morgan fingerprint density at radius 3 is 3.00 bits per heavy atom. The van der Waals surface area contributed by atoms with Crippen molar-refractivity contribution >= 4 is 11.6 Å². The van der Waals surface area contributed by atoms with Crippen molar-refractivity contribution in [2.45, 2.75) is 43.4 Å². The van der Waals surface area contributed by atoms with Crippen molar-refractivity contribution in [2.75, 3.05) is 20.8 Å². The van der Waals surface area contributed by atoms with Gasteiger partial charge in [-0.25, -0.2) is 0 Å². The summed E-state index contributed by atoms with van der Waals surface area (Å²) in [6, 6.07) is 5.36. The van der Waals surface area contributed by atoms with Gasteiger partial charge in [-0.2, -0.15) is 4.52 Å². The summed E-state index contributed by atoms with van der Waals surface area (Å²) in [4.78, 5) is 15.1. The van der Waals surface area contributed by atoms with Gasteiger partial charge in [0, 0.05) is 20.8 Å². The van der Waals surface area contributed by atoms with Crippen LogP contribution in [-0.4, -0.2) is 69.4 Å². The molecule has 3 heterocycles. The molecule has 1 aliphatic heterocycles. The van der Waals surface area contributed by atoms with Gasteiger partial charge in [-0.15, -0.1) is 5.10 Å². The van der Waals surface area contributed by atoms with E-state index in [2.05, 4.69) is 15.5 Å². The molecule has 8 heteroatoms. The Morgan fingerprint density at radius 2 is 2.21 bits per heavy atom. The Morgan fingerprint density at radius 1 is 1.33 bits per heavy atom. The van der Waals surface area contributed by atoms with Gasteiger partial charge in [0.05, 0.1) is 17.7 Å². The van der Waals surface area contributed by atoms with Crippen molar-refractivity contribution in [3.63, 3.8) is 0 Å². The van der Waals surface area contributed by atoms with Gasteiger partial charge in [-0.05, 0) is 48.2 Å². The second kappa shape index (κ2) is 5.78. The summed E-state index contributed by atoms with van der Waals surface area (Å²) in [7, 11) is 3.48. The molecule has 3 atom stereocenters. The molecule has 0 aromatic carbocycles. The van der Waals surface area contributed by atoms with Crippen LogP contribution in [0.25, 0.3) is 5.65 Å². The summed E-state index contributed by atoms with van der Waals surface area (Å²) >= 11 is 0. The monoisotopic (exact) mass is 331 g/mol. The fourth-order valence-electron chi connectivity index (χ4n) is 4.19. The van der Waals surface area contributed by atoms with Crippen LogP contribution < -0.4 is 0 Å².